The zero-order valence-corrected chi connectivity index (χ0v) is 19.1. The zero-order chi connectivity index (χ0) is 19.3. The van der Waals surface area contributed by atoms with Crippen molar-refractivity contribution in [2.45, 2.75) is 18.5 Å². The van der Waals surface area contributed by atoms with Crippen LogP contribution in [0.4, 0.5) is 0 Å². The molecule has 1 aromatic rings. The van der Waals surface area contributed by atoms with Gasteiger partial charge in [-0.3, -0.25) is 0 Å². The molecule has 1 atom stereocenters. The SMILES string of the molecule is C1COCC[NH2+]1.COc1ccc(P(=S)([S-])C2CCOCC2)cc1.ClCCl. The average Bonchev–Trinajstić information content (AvgIpc) is 2.71. The molecule has 150 valence electrons. The van der Waals surface area contributed by atoms with E-state index in [0.717, 1.165) is 63.4 Å². The summed E-state index contributed by atoms with van der Waals surface area (Å²) >= 11 is 21.0. The van der Waals surface area contributed by atoms with Crippen LogP contribution in [0.15, 0.2) is 24.3 Å². The van der Waals surface area contributed by atoms with Crippen LogP contribution in [0.25, 0.3) is 0 Å². The van der Waals surface area contributed by atoms with Crippen molar-refractivity contribution in [3.8, 4) is 5.75 Å². The monoisotopic (exact) mass is 459 g/mol. The van der Waals surface area contributed by atoms with Crippen LogP contribution in [0.2, 0.25) is 0 Å². The molecule has 2 aliphatic rings. The zero-order valence-electron chi connectivity index (χ0n) is 15.1. The van der Waals surface area contributed by atoms with Gasteiger partial charge in [0.2, 0.25) is 0 Å². The lowest BCUT2D eigenvalue weighted by molar-refractivity contribution is -0.670. The van der Waals surface area contributed by atoms with Crippen molar-refractivity contribution in [2.75, 3.05) is 52.0 Å². The Balaban J connectivity index is 0.000000310. The van der Waals surface area contributed by atoms with Crippen molar-refractivity contribution in [3.05, 3.63) is 24.3 Å². The highest BCUT2D eigenvalue weighted by Crippen LogP contribution is 2.51. The van der Waals surface area contributed by atoms with Crippen LogP contribution < -0.4 is 15.4 Å². The number of alkyl halides is 2. The number of methoxy groups -OCH3 is 1. The molecule has 0 spiro atoms. The largest absolute Gasteiger partial charge is 0.742 e. The molecule has 0 amide bonds. The van der Waals surface area contributed by atoms with Gasteiger partial charge < -0.3 is 31.8 Å². The highest BCUT2D eigenvalue weighted by molar-refractivity contribution is 8.58. The van der Waals surface area contributed by atoms with Gasteiger partial charge in [-0.05, 0) is 35.9 Å². The highest BCUT2D eigenvalue weighted by Gasteiger charge is 2.21. The molecule has 0 radical (unpaired) electrons. The second-order valence-corrected chi connectivity index (χ2v) is 13.1. The summed E-state index contributed by atoms with van der Waals surface area (Å²) in [6, 6.07) is 7.95. The number of halogens is 2. The normalized spacial score (nSPS) is 19.8. The summed E-state index contributed by atoms with van der Waals surface area (Å²) in [6.45, 7) is 5.80. The first-order valence-electron chi connectivity index (χ1n) is 8.60. The molecule has 1 unspecified atom stereocenters. The number of benzene rings is 1. The smallest absolute Gasteiger partial charge is 0.118 e. The molecule has 26 heavy (non-hydrogen) atoms. The Morgan fingerprint density at radius 3 is 2.00 bits per heavy atom. The van der Waals surface area contributed by atoms with E-state index in [0.29, 0.717) is 5.66 Å². The summed E-state index contributed by atoms with van der Waals surface area (Å²) in [5.41, 5.74) is 0.453. The van der Waals surface area contributed by atoms with Crippen molar-refractivity contribution in [1.82, 2.24) is 0 Å². The van der Waals surface area contributed by atoms with Crippen LogP contribution in [0.1, 0.15) is 12.8 Å². The van der Waals surface area contributed by atoms with E-state index in [1.807, 2.05) is 24.3 Å². The third-order valence-corrected chi connectivity index (χ3v) is 9.59. The third-order valence-electron chi connectivity index (χ3n) is 4.04. The average molecular weight is 460 g/mol. The van der Waals surface area contributed by atoms with E-state index < -0.39 is 5.24 Å². The Hall–Kier alpha value is 0.480. The molecule has 9 heteroatoms. The fourth-order valence-electron chi connectivity index (χ4n) is 2.61. The second-order valence-electron chi connectivity index (χ2n) is 5.72. The summed E-state index contributed by atoms with van der Waals surface area (Å²) in [4.78, 5) is 0. The number of morpholine rings is 1. The van der Waals surface area contributed by atoms with E-state index in [1.165, 1.54) is 0 Å². The van der Waals surface area contributed by atoms with Gasteiger partial charge in [0.05, 0.1) is 38.8 Å². The number of rotatable bonds is 3. The lowest BCUT2D eigenvalue weighted by atomic mass is 10.2. The van der Waals surface area contributed by atoms with Crippen molar-refractivity contribution in [2.24, 2.45) is 0 Å². The lowest BCUT2D eigenvalue weighted by Gasteiger charge is -2.40. The quantitative estimate of drug-likeness (QED) is 0.427. The van der Waals surface area contributed by atoms with Crippen LogP contribution in [-0.2, 0) is 33.5 Å². The van der Waals surface area contributed by atoms with E-state index >= 15 is 0 Å². The maximum atomic E-state index is 5.74. The number of nitrogens with two attached hydrogens (primary N) is 1. The van der Waals surface area contributed by atoms with Gasteiger partial charge in [-0.15, -0.1) is 40.2 Å². The van der Waals surface area contributed by atoms with Gasteiger partial charge in [0.1, 0.15) is 5.75 Å². The number of quaternary nitrogens is 1. The summed E-state index contributed by atoms with van der Waals surface area (Å²) in [5.74, 6) is 0.853. The van der Waals surface area contributed by atoms with E-state index in [9.17, 15) is 0 Å². The van der Waals surface area contributed by atoms with Gasteiger partial charge in [0.25, 0.3) is 0 Å². The Bertz CT molecular complexity index is 516. The minimum atomic E-state index is -1.87. The van der Waals surface area contributed by atoms with Gasteiger partial charge in [-0.25, -0.2) is 0 Å². The van der Waals surface area contributed by atoms with Crippen LogP contribution in [0.3, 0.4) is 0 Å². The van der Waals surface area contributed by atoms with E-state index in [-0.39, 0.29) is 5.34 Å². The summed E-state index contributed by atoms with van der Waals surface area (Å²) in [6.07, 6.45) is 2.01. The molecule has 2 heterocycles. The molecule has 1 aromatic carbocycles. The fraction of sp³-hybridized carbons (Fsp3) is 0.647. The van der Waals surface area contributed by atoms with Gasteiger partial charge in [-0.2, -0.15) is 0 Å². The molecule has 0 saturated carbocycles. The standard InChI is InChI=1S/C12H17O2PS2.C4H9NO.CH2Cl2/c1-13-10-2-4-11(5-3-10)15(16,17)12-6-8-14-9-7-12;1-3-6-4-2-5-1;2-1-3/h2-5,12H,6-9H2,1H3,(H,16,17);5H,1-4H2;1H2. The van der Waals surface area contributed by atoms with Crippen LogP contribution >= 0.6 is 28.4 Å². The predicted octanol–water partition coefficient (Wildman–Crippen LogP) is 2.44. The minimum absolute atomic E-state index is 0.194. The van der Waals surface area contributed by atoms with Gasteiger partial charge in [0, 0.05) is 13.2 Å². The topological polar surface area (TPSA) is 44.3 Å². The minimum Gasteiger partial charge on any atom is -0.742 e. The second kappa shape index (κ2) is 14.5. The lowest BCUT2D eigenvalue weighted by Crippen LogP contribution is -2.87. The molecular weight excluding hydrogens is 432 g/mol. The molecule has 0 aromatic heterocycles. The Labute approximate surface area is 177 Å². The third kappa shape index (κ3) is 9.11. The van der Waals surface area contributed by atoms with Crippen molar-refractivity contribution < 1.29 is 19.5 Å². The van der Waals surface area contributed by atoms with Crippen LogP contribution in [0.5, 0.6) is 5.75 Å². The predicted molar refractivity (Wildman–Crippen MR) is 117 cm³/mol. The van der Waals surface area contributed by atoms with Gasteiger partial charge >= 0.3 is 0 Å². The molecule has 2 saturated heterocycles. The first kappa shape index (κ1) is 24.5. The van der Waals surface area contributed by atoms with Crippen LogP contribution in [-0.4, -0.2) is 57.6 Å². The number of hydrogen-bond acceptors (Lipinski definition) is 5. The van der Waals surface area contributed by atoms with Crippen molar-refractivity contribution in [1.29, 1.82) is 0 Å². The van der Waals surface area contributed by atoms with Gasteiger partial charge in [0.15, 0.2) is 0 Å². The van der Waals surface area contributed by atoms with E-state index in [4.69, 9.17) is 61.5 Å². The Morgan fingerprint density at radius 1 is 1.12 bits per heavy atom. The summed E-state index contributed by atoms with van der Waals surface area (Å²) in [5, 5.41) is 1.73. The number of hydrogen-bond donors (Lipinski definition) is 1. The maximum absolute atomic E-state index is 5.74. The molecule has 3 rings (SSSR count). The number of ether oxygens (including phenoxy) is 3. The highest BCUT2D eigenvalue weighted by atomic mass is 35.5. The van der Waals surface area contributed by atoms with Crippen LogP contribution in [0, 0.1) is 0 Å². The molecular formula is C17H28Cl2NO3PS2. The first-order chi connectivity index (χ1) is 12.6. The summed E-state index contributed by atoms with van der Waals surface area (Å²) < 4.78 is 15.6. The molecule has 0 aliphatic carbocycles. The fourth-order valence-corrected chi connectivity index (χ4v) is 6.48. The summed E-state index contributed by atoms with van der Waals surface area (Å²) in [7, 11) is 1.66. The first-order valence-corrected chi connectivity index (χ1v) is 13.6. The Morgan fingerprint density at radius 2 is 1.62 bits per heavy atom. The van der Waals surface area contributed by atoms with Gasteiger partial charge in [-0.1, -0.05) is 12.1 Å². The van der Waals surface area contributed by atoms with E-state index in [1.54, 1.807) is 7.11 Å². The van der Waals surface area contributed by atoms with Crippen molar-refractivity contribution in [3.63, 3.8) is 0 Å². The molecule has 4 nitrogen and oxygen atoms in total. The molecule has 2 N–H and O–H groups in total. The maximum Gasteiger partial charge on any atom is 0.118 e. The molecule has 0 bridgehead atoms. The molecule has 2 fully saturated rings. The van der Waals surface area contributed by atoms with E-state index in [2.05, 4.69) is 5.32 Å². The molecule has 2 aliphatic heterocycles. The van der Waals surface area contributed by atoms with Crippen molar-refractivity contribution >= 4 is 57.8 Å². The Kier molecular flexibility index (Phi) is 13.6.